The number of amides is 2. The number of fused-ring (bicyclic) bond motifs is 1. The first kappa shape index (κ1) is 27.5. The van der Waals surface area contributed by atoms with Gasteiger partial charge < -0.3 is 16.0 Å². The molecule has 41 heavy (non-hydrogen) atoms. The molecular weight excluding hydrogens is 578 g/mol. The lowest BCUT2D eigenvalue weighted by Crippen LogP contribution is -2.30. The summed E-state index contributed by atoms with van der Waals surface area (Å²) in [4.78, 5) is 26.5. The maximum absolute atomic E-state index is 13.5. The molecule has 3 aliphatic carbocycles. The number of carbonyl (C=O) groups excluding carboxylic acids is 2. The summed E-state index contributed by atoms with van der Waals surface area (Å²) in [6.45, 7) is -0.265. The fraction of sp³-hybridized carbons (Fsp3) is 0.542. The summed E-state index contributed by atoms with van der Waals surface area (Å²) < 4.78 is 83.0. The van der Waals surface area contributed by atoms with Crippen LogP contribution in [0.2, 0.25) is 0 Å². The largest absolute Gasteiger partial charge is 0.351 e. The van der Waals surface area contributed by atoms with Gasteiger partial charge in [0.05, 0.1) is 5.56 Å². The molecule has 3 aromatic heterocycles. The Morgan fingerprint density at radius 3 is 2.56 bits per heavy atom. The number of hydrogen-bond donors (Lipinski definition) is 3. The van der Waals surface area contributed by atoms with Crippen LogP contribution < -0.4 is 16.0 Å². The molecule has 10 nitrogen and oxygen atoms in total. The summed E-state index contributed by atoms with van der Waals surface area (Å²) in [5, 5.41) is 19.8. The Labute approximate surface area is 232 Å². The lowest BCUT2D eigenvalue weighted by atomic mass is 9.91. The van der Waals surface area contributed by atoms with Gasteiger partial charge in [0.15, 0.2) is 0 Å². The molecule has 17 heteroatoms. The molecule has 0 aliphatic heterocycles. The standard InChI is InChI=1S/C24H24F6N8O2S/c1-37-16(5-14(36-37)18(25)26)33-22-35-32-9-38(22)11-2-3-15-12(4-11)17(20(40)31-8-10-6-23(10,27)28)21(41-15)34-19(39)13-7-24(13,29)30/h5,9-11,13,18H,2-4,6-8H2,1H3,(H,31,40)(H,33,35)(H,34,39)/t10?,11-,13?/m0/s1. The first-order chi connectivity index (χ1) is 19.3. The van der Waals surface area contributed by atoms with E-state index in [1.54, 1.807) is 4.57 Å². The minimum atomic E-state index is -3.10. The molecule has 2 unspecified atom stereocenters. The third-order valence-electron chi connectivity index (χ3n) is 7.63. The summed E-state index contributed by atoms with van der Waals surface area (Å²) in [7, 11) is 1.49. The van der Waals surface area contributed by atoms with Gasteiger partial charge in [-0.05, 0) is 24.8 Å². The number of aromatic nitrogens is 5. The van der Waals surface area contributed by atoms with Gasteiger partial charge >= 0.3 is 0 Å². The molecule has 0 spiro atoms. The van der Waals surface area contributed by atoms with E-state index in [1.807, 2.05) is 0 Å². The van der Waals surface area contributed by atoms with E-state index < -0.39 is 54.0 Å². The predicted octanol–water partition coefficient (Wildman–Crippen LogP) is 4.46. The summed E-state index contributed by atoms with van der Waals surface area (Å²) in [5.41, 5.74) is 0.205. The lowest BCUT2D eigenvalue weighted by Gasteiger charge is -2.25. The van der Waals surface area contributed by atoms with Gasteiger partial charge in [0.1, 0.15) is 28.8 Å². The quantitative estimate of drug-likeness (QED) is 0.311. The first-order valence-corrected chi connectivity index (χ1v) is 13.6. The number of hydrogen-bond acceptors (Lipinski definition) is 7. The van der Waals surface area contributed by atoms with Crippen LogP contribution in [0.15, 0.2) is 12.4 Å². The second kappa shape index (κ2) is 9.73. The minimum absolute atomic E-state index is 0.0618. The molecule has 0 bridgehead atoms. The van der Waals surface area contributed by atoms with Gasteiger partial charge in [0.2, 0.25) is 11.9 Å². The highest BCUT2D eigenvalue weighted by Crippen LogP contribution is 2.50. The molecule has 0 aromatic carbocycles. The van der Waals surface area contributed by atoms with Crippen LogP contribution in [0.4, 0.5) is 43.1 Å². The van der Waals surface area contributed by atoms with Crippen molar-refractivity contribution in [3.63, 3.8) is 0 Å². The molecule has 0 saturated heterocycles. The number of carbonyl (C=O) groups is 2. The highest BCUT2D eigenvalue weighted by Gasteiger charge is 2.61. The van der Waals surface area contributed by atoms with Crippen LogP contribution in [0.3, 0.4) is 0 Å². The van der Waals surface area contributed by atoms with E-state index in [4.69, 9.17) is 0 Å². The molecular formula is C24H24F6N8O2S. The van der Waals surface area contributed by atoms with Crippen LogP contribution >= 0.6 is 11.3 Å². The number of alkyl halides is 6. The number of nitrogens with zero attached hydrogens (tertiary/aromatic N) is 5. The van der Waals surface area contributed by atoms with Crippen molar-refractivity contribution < 1.29 is 35.9 Å². The highest BCUT2D eigenvalue weighted by atomic mass is 32.1. The van der Waals surface area contributed by atoms with Crippen molar-refractivity contribution in [1.29, 1.82) is 0 Å². The fourth-order valence-corrected chi connectivity index (χ4v) is 6.29. The van der Waals surface area contributed by atoms with Crippen molar-refractivity contribution in [2.24, 2.45) is 18.9 Å². The van der Waals surface area contributed by atoms with E-state index in [-0.39, 0.29) is 47.8 Å². The number of thiophene rings is 1. The average molecular weight is 603 g/mol. The SMILES string of the molecule is Cn1nc(C(F)F)cc1Nc1nncn1[C@H]1CCc2sc(NC(=O)C3CC3(F)F)c(C(=O)NCC3CC3(F)F)c2C1. The number of nitrogens with one attached hydrogen (secondary N) is 3. The van der Waals surface area contributed by atoms with Gasteiger partial charge in [0, 0.05) is 49.3 Å². The first-order valence-electron chi connectivity index (χ1n) is 12.8. The van der Waals surface area contributed by atoms with Crippen molar-refractivity contribution in [2.45, 2.75) is 56.4 Å². The normalized spacial score (nSPS) is 23.7. The van der Waals surface area contributed by atoms with Crippen molar-refractivity contribution in [3.8, 4) is 0 Å². The topological polar surface area (TPSA) is 119 Å². The Bertz CT molecular complexity index is 1520. The molecule has 3 aliphatic rings. The van der Waals surface area contributed by atoms with Crippen LogP contribution in [0.1, 0.15) is 58.2 Å². The van der Waals surface area contributed by atoms with Gasteiger partial charge in [-0.1, -0.05) is 0 Å². The molecule has 220 valence electrons. The summed E-state index contributed by atoms with van der Waals surface area (Å²) in [6, 6.07) is 0.874. The van der Waals surface area contributed by atoms with Gasteiger partial charge in [-0.25, -0.2) is 26.3 Å². The van der Waals surface area contributed by atoms with E-state index in [9.17, 15) is 35.9 Å². The molecule has 2 fully saturated rings. The van der Waals surface area contributed by atoms with Crippen LogP contribution in [0.5, 0.6) is 0 Å². The zero-order chi connectivity index (χ0) is 29.3. The van der Waals surface area contributed by atoms with Crippen molar-refractivity contribution >= 4 is 39.9 Å². The Morgan fingerprint density at radius 1 is 1.20 bits per heavy atom. The van der Waals surface area contributed by atoms with Crippen LogP contribution in [0.25, 0.3) is 0 Å². The molecule has 2 amide bonds. The third-order valence-corrected chi connectivity index (χ3v) is 8.84. The second-order valence-electron chi connectivity index (χ2n) is 10.5. The van der Waals surface area contributed by atoms with E-state index >= 15 is 0 Å². The maximum atomic E-state index is 13.5. The summed E-state index contributed by atoms with van der Waals surface area (Å²) >= 11 is 1.10. The maximum Gasteiger partial charge on any atom is 0.282 e. The monoisotopic (exact) mass is 602 g/mol. The van der Waals surface area contributed by atoms with E-state index in [0.29, 0.717) is 18.4 Å². The highest BCUT2D eigenvalue weighted by molar-refractivity contribution is 7.17. The van der Waals surface area contributed by atoms with Crippen LogP contribution in [-0.2, 0) is 24.7 Å². The predicted molar refractivity (Wildman–Crippen MR) is 134 cm³/mol. The third kappa shape index (κ3) is 5.26. The molecule has 3 N–H and O–H groups in total. The van der Waals surface area contributed by atoms with Gasteiger partial charge in [0.25, 0.3) is 24.2 Å². The van der Waals surface area contributed by atoms with Crippen molar-refractivity contribution in [1.82, 2.24) is 29.9 Å². The molecule has 6 rings (SSSR count). The smallest absolute Gasteiger partial charge is 0.282 e. The molecule has 3 aromatic rings. The molecule has 2 saturated carbocycles. The number of aryl methyl sites for hydroxylation is 2. The zero-order valence-electron chi connectivity index (χ0n) is 21.4. The Kier molecular flexibility index (Phi) is 6.54. The number of rotatable bonds is 9. The average Bonchev–Trinajstić information content (AvgIpc) is 3.42. The molecule has 3 atom stereocenters. The Morgan fingerprint density at radius 2 is 1.93 bits per heavy atom. The van der Waals surface area contributed by atoms with Gasteiger partial charge in [-0.15, -0.1) is 21.5 Å². The molecule has 3 heterocycles. The summed E-state index contributed by atoms with van der Waals surface area (Å²) in [5.74, 6) is -9.52. The lowest BCUT2D eigenvalue weighted by molar-refractivity contribution is -0.119. The van der Waals surface area contributed by atoms with Crippen LogP contribution in [-0.4, -0.2) is 54.7 Å². The van der Waals surface area contributed by atoms with Crippen LogP contribution in [0, 0.1) is 11.8 Å². The number of anilines is 3. The minimum Gasteiger partial charge on any atom is -0.351 e. The van der Waals surface area contributed by atoms with Gasteiger partial charge in [-0.3, -0.25) is 18.8 Å². The Hall–Kier alpha value is -3.63. The second-order valence-corrected chi connectivity index (χ2v) is 11.7. The van der Waals surface area contributed by atoms with Crippen molar-refractivity contribution in [2.75, 3.05) is 17.2 Å². The van der Waals surface area contributed by atoms with E-state index in [0.717, 1.165) is 16.2 Å². The Balaban J connectivity index is 1.25. The zero-order valence-corrected chi connectivity index (χ0v) is 22.3. The van der Waals surface area contributed by atoms with Crippen molar-refractivity contribution in [3.05, 3.63) is 34.1 Å². The van der Waals surface area contributed by atoms with E-state index in [2.05, 4.69) is 31.2 Å². The molecule has 0 radical (unpaired) electrons. The van der Waals surface area contributed by atoms with Gasteiger partial charge in [-0.2, -0.15) is 5.10 Å². The van der Waals surface area contributed by atoms with E-state index in [1.165, 1.54) is 24.1 Å². The fourth-order valence-electron chi connectivity index (χ4n) is 5.05. The number of halogens is 6. The summed E-state index contributed by atoms with van der Waals surface area (Å²) in [6.07, 6.45) is -0.968.